The maximum absolute atomic E-state index is 15.7. The van der Waals surface area contributed by atoms with Crippen LogP contribution in [0.15, 0.2) is 40.5 Å². The van der Waals surface area contributed by atoms with Crippen LogP contribution in [0.1, 0.15) is 62.3 Å². The topological polar surface area (TPSA) is 34.0 Å². The van der Waals surface area contributed by atoms with Gasteiger partial charge in [0.2, 0.25) is 0 Å². The van der Waals surface area contributed by atoms with Gasteiger partial charge in [-0.15, -0.1) is 0 Å². The van der Waals surface area contributed by atoms with Gasteiger partial charge in [-0.1, -0.05) is 41.3 Å². The second-order valence-corrected chi connectivity index (χ2v) is 19.1. The average Bonchev–Trinajstić information content (AvgIpc) is 2.93. The van der Waals surface area contributed by atoms with Gasteiger partial charge in [0.1, 0.15) is 23.3 Å². The molecule has 3 rings (SSSR count). The molecule has 45 heavy (non-hydrogen) atoms. The molecule has 0 spiro atoms. The van der Waals surface area contributed by atoms with Crippen molar-refractivity contribution in [1.82, 2.24) is 0 Å². The Morgan fingerprint density at radius 2 is 0.778 bits per heavy atom. The monoisotopic (exact) mass is 668 g/mol. The van der Waals surface area contributed by atoms with E-state index < -0.39 is 104 Å². The van der Waals surface area contributed by atoms with Crippen molar-refractivity contribution >= 4 is 30.2 Å². The van der Waals surface area contributed by atoms with Gasteiger partial charge < -0.3 is 4.76 Å². The van der Waals surface area contributed by atoms with Crippen LogP contribution in [0.5, 0.6) is 0 Å². The van der Waals surface area contributed by atoms with E-state index in [9.17, 15) is 26.3 Å². The summed E-state index contributed by atoms with van der Waals surface area (Å²) in [7, 11) is -2.96. The molecule has 3 aromatic rings. The SMILES string of the molecule is CC(C)(C)[P+](/N=N/O[B-](c1ccccc1)(c1c(F)c(F)c(F)c(F)c1F)c1c(F)c(F)c(F)c(F)c1F)(C(C)(C)C)C(C)(C)C. The predicted octanol–water partition coefficient (Wildman–Crippen LogP) is 8.76. The second-order valence-electron chi connectivity index (χ2n) is 13.6. The van der Waals surface area contributed by atoms with E-state index in [1.165, 1.54) is 6.07 Å². The lowest BCUT2D eigenvalue weighted by Crippen LogP contribution is -2.72. The van der Waals surface area contributed by atoms with E-state index in [-0.39, 0.29) is 0 Å². The van der Waals surface area contributed by atoms with E-state index in [0.717, 1.165) is 24.3 Å². The molecule has 0 heterocycles. The first-order valence-corrected chi connectivity index (χ1v) is 15.4. The number of rotatable bonds is 6. The van der Waals surface area contributed by atoms with E-state index in [1.54, 1.807) is 0 Å². The van der Waals surface area contributed by atoms with Crippen LogP contribution in [0, 0.1) is 58.2 Å². The van der Waals surface area contributed by atoms with Crippen molar-refractivity contribution in [2.45, 2.75) is 77.8 Å². The highest BCUT2D eigenvalue weighted by molar-refractivity contribution is 7.78. The van der Waals surface area contributed by atoms with Crippen molar-refractivity contribution in [1.29, 1.82) is 0 Å². The van der Waals surface area contributed by atoms with E-state index >= 15 is 17.6 Å². The molecule has 3 nitrogen and oxygen atoms in total. The van der Waals surface area contributed by atoms with Crippen molar-refractivity contribution in [3.8, 4) is 0 Å². The molecule has 15 heteroatoms. The summed E-state index contributed by atoms with van der Waals surface area (Å²) in [5.74, 6) is -26.1. The summed E-state index contributed by atoms with van der Waals surface area (Å²) in [5, 5.41) is 1.59. The third-order valence-electron chi connectivity index (χ3n) is 7.86. The number of nitrogens with zero attached hydrogens (tertiary/aromatic N) is 2. The second kappa shape index (κ2) is 11.9. The van der Waals surface area contributed by atoms with Crippen LogP contribution in [0.25, 0.3) is 0 Å². The zero-order valence-electron chi connectivity index (χ0n) is 26.0. The highest BCUT2D eigenvalue weighted by Gasteiger charge is 2.67. The zero-order valence-corrected chi connectivity index (χ0v) is 26.9. The lowest BCUT2D eigenvalue weighted by molar-refractivity contribution is 0.311. The maximum atomic E-state index is 15.7. The molecule has 0 unspecified atom stereocenters. The molecule has 0 aliphatic rings. The summed E-state index contributed by atoms with van der Waals surface area (Å²) in [4.78, 5) is 4.49. The fourth-order valence-electron chi connectivity index (χ4n) is 6.89. The number of hydrogen-bond acceptors (Lipinski definition) is 3. The number of benzene rings is 3. The van der Waals surface area contributed by atoms with Gasteiger partial charge in [-0.3, -0.25) is 0 Å². The summed E-state index contributed by atoms with van der Waals surface area (Å²) < 4.78 is 156. The molecular formula is C30H32BF10N2OP. The molecule has 0 saturated carbocycles. The first kappa shape index (κ1) is 36.3. The van der Waals surface area contributed by atoms with Gasteiger partial charge in [-0.05, 0) is 62.3 Å². The van der Waals surface area contributed by atoms with Crippen molar-refractivity contribution in [3.63, 3.8) is 0 Å². The van der Waals surface area contributed by atoms with Crippen LogP contribution in [0.4, 0.5) is 43.9 Å². The van der Waals surface area contributed by atoms with Crippen molar-refractivity contribution in [3.05, 3.63) is 88.5 Å². The van der Waals surface area contributed by atoms with Crippen molar-refractivity contribution < 1.29 is 48.7 Å². The fourth-order valence-corrected chi connectivity index (χ4v) is 13.9. The molecule has 0 N–H and O–H groups in total. The molecule has 0 aliphatic carbocycles. The van der Waals surface area contributed by atoms with E-state index in [1.807, 2.05) is 62.3 Å². The lowest BCUT2D eigenvalue weighted by Gasteiger charge is -2.49. The van der Waals surface area contributed by atoms with Gasteiger partial charge in [-0.2, -0.15) is 5.46 Å². The summed E-state index contributed by atoms with van der Waals surface area (Å²) in [6.07, 6.45) is -4.83. The molecule has 0 fully saturated rings. The third-order valence-corrected chi connectivity index (χ3v) is 14.0. The fraction of sp³-hybridized carbons (Fsp3) is 0.400. The summed E-state index contributed by atoms with van der Waals surface area (Å²) in [6.45, 7) is 16.4. The van der Waals surface area contributed by atoms with Crippen LogP contribution in [-0.2, 0) is 4.76 Å². The summed E-state index contributed by atoms with van der Waals surface area (Å²) in [6, 6.07) is 5.34. The highest BCUT2D eigenvalue weighted by atomic mass is 31.2. The van der Waals surface area contributed by atoms with Gasteiger partial charge in [0.15, 0.2) is 42.3 Å². The standard InChI is InChI=1S/C30H32BF10N2OP/c1-28(2,3)45(29(4,5)6,30(7,8)9)43-42-44-31(15-13-11-10-12-14-15,16-18(32)22(36)26(40)23(37)19(16)33)17-20(34)24(38)27(41)25(39)21(17)35/h10-14H,1-9H3/b43-42+. The highest BCUT2D eigenvalue weighted by Crippen LogP contribution is 2.84. The molecule has 246 valence electrons. The Hall–Kier alpha value is -3.15. The molecule has 0 radical (unpaired) electrons. The van der Waals surface area contributed by atoms with Crippen LogP contribution in [0.2, 0.25) is 0 Å². The Bertz CT molecular complexity index is 1480. The van der Waals surface area contributed by atoms with Crippen LogP contribution < -0.4 is 16.4 Å². The Morgan fingerprint density at radius 1 is 0.489 bits per heavy atom. The first-order valence-electron chi connectivity index (χ1n) is 13.7. The van der Waals surface area contributed by atoms with E-state index in [2.05, 4.69) is 10.2 Å². The van der Waals surface area contributed by atoms with Gasteiger partial charge in [0.05, 0.1) is 15.5 Å². The van der Waals surface area contributed by atoms with Gasteiger partial charge in [-0.25, -0.2) is 43.9 Å². The minimum Gasteiger partial charge on any atom is -0.584 e. The van der Waals surface area contributed by atoms with Crippen molar-refractivity contribution in [2.75, 3.05) is 0 Å². The smallest absolute Gasteiger partial charge is 0.288 e. The minimum absolute atomic E-state index is 0.714. The first-order chi connectivity index (χ1) is 20.4. The lowest BCUT2D eigenvalue weighted by atomic mass is 9.28. The molecule has 0 atom stereocenters. The summed E-state index contributed by atoms with van der Waals surface area (Å²) >= 11 is 0. The predicted molar refractivity (Wildman–Crippen MR) is 156 cm³/mol. The van der Waals surface area contributed by atoms with Crippen LogP contribution in [-0.4, -0.2) is 21.8 Å². The van der Waals surface area contributed by atoms with Crippen molar-refractivity contribution in [2.24, 2.45) is 10.2 Å². The maximum Gasteiger partial charge on any atom is 0.288 e. The van der Waals surface area contributed by atoms with E-state index in [4.69, 9.17) is 4.76 Å². The molecule has 0 saturated heterocycles. The molecular weight excluding hydrogens is 636 g/mol. The molecule has 0 aromatic heterocycles. The molecule has 3 aromatic carbocycles. The third kappa shape index (κ3) is 5.50. The minimum atomic E-state index is -4.83. The largest absolute Gasteiger partial charge is 0.584 e. The Kier molecular flexibility index (Phi) is 9.60. The molecule has 0 bridgehead atoms. The van der Waals surface area contributed by atoms with Gasteiger partial charge >= 0.3 is 0 Å². The summed E-state index contributed by atoms with van der Waals surface area (Å²) in [5.41, 5.74) is -4.79. The Labute approximate surface area is 255 Å². The van der Waals surface area contributed by atoms with Gasteiger partial charge in [0.25, 0.3) is 6.35 Å². The normalized spacial score (nSPS) is 13.6. The van der Waals surface area contributed by atoms with Crippen LogP contribution >= 0.6 is 7.41 Å². The number of hydrogen-bond donors (Lipinski definition) is 0. The quantitative estimate of drug-likeness (QED) is 0.0492. The molecule has 0 aliphatic heterocycles. The van der Waals surface area contributed by atoms with Crippen LogP contribution in [0.3, 0.4) is 0 Å². The molecule has 0 amide bonds. The zero-order chi connectivity index (χ0) is 34.7. The van der Waals surface area contributed by atoms with Gasteiger partial charge in [0, 0.05) is 10.2 Å². The Balaban J connectivity index is 2.69. The number of halogens is 10. The van der Waals surface area contributed by atoms with E-state index in [0.29, 0.717) is 0 Å². The average molecular weight is 668 g/mol. The Morgan fingerprint density at radius 3 is 1.07 bits per heavy atom.